The maximum Gasteiger partial charge on any atom is 0.120 e. The Labute approximate surface area is 150 Å². The Morgan fingerprint density at radius 1 is 0.864 bits per heavy atom. The highest BCUT2D eigenvalue weighted by atomic mass is 35.5. The minimum Gasteiger partial charge on any atom is -0.492 e. The van der Waals surface area contributed by atoms with Gasteiger partial charge >= 0.3 is 0 Å². The molecule has 0 spiro atoms. The number of rotatable bonds is 5. The standard InChI is InChI=1S/C16H15Cl4NO/c1-9-5-11(6-10(2)16(9)20)22-4-3-21-15-8-13(18)12(17)7-14(15)19/h5-8,21H,3-4H2,1-2H3. The molecule has 0 bridgehead atoms. The first-order valence-electron chi connectivity index (χ1n) is 6.66. The molecule has 0 fully saturated rings. The minimum atomic E-state index is 0.431. The lowest BCUT2D eigenvalue weighted by atomic mass is 10.1. The van der Waals surface area contributed by atoms with Gasteiger partial charge in [-0.05, 0) is 49.2 Å². The highest BCUT2D eigenvalue weighted by Gasteiger charge is 2.06. The second kappa shape index (κ2) is 7.65. The summed E-state index contributed by atoms with van der Waals surface area (Å²) in [6.07, 6.45) is 0. The summed E-state index contributed by atoms with van der Waals surface area (Å²) in [5.41, 5.74) is 2.72. The minimum absolute atomic E-state index is 0.431. The van der Waals surface area contributed by atoms with Crippen LogP contribution in [0.1, 0.15) is 11.1 Å². The maximum absolute atomic E-state index is 6.13. The lowest BCUT2D eigenvalue weighted by Gasteiger charge is -2.12. The van der Waals surface area contributed by atoms with Crippen molar-refractivity contribution in [2.24, 2.45) is 0 Å². The van der Waals surface area contributed by atoms with Gasteiger partial charge in [0.05, 0.1) is 20.8 Å². The van der Waals surface area contributed by atoms with Crippen LogP contribution in [-0.4, -0.2) is 13.2 Å². The summed E-state index contributed by atoms with van der Waals surface area (Å²) in [6, 6.07) is 7.15. The van der Waals surface area contributed by atoms with Gasteiger partial charge in [-0.1, -0.05) is 46.4 Å². The molecule has 2 rings (SSSR count). The van der Waals surface area contributed by atoms with Crippen LogP contribution in [0.25, 0.3) is 0 Å². The van der Waals surface area contributed by atoms with E-state index in [0.29, 0.717) is 28.2 Å². The average Bonchev–Trinajstić information content (AvgIpc) is 2.46. The maximum atomic E-state index is 6.13. The molecule has 0 unspecified atom stereocenters. The highest BCUT2D eigenvalue weighted by molar-refractivity contribution is 6.44. The van der Waals surface area contributed by atoms with Crippen molar-refractivity contribution < 1.29 is 4.74 Å². The van der Waals surface area contributed by atoms with Gasteiger partial charge in [-0.3, -0.25) is 0 Å². The number of hydrogen-bond donors (Lipinski definition) is 1. The van der Waals surface area contributed by atoms with E-state index in [2.05, 4.69) is 5.32 Å². The van der Waals surface area contributed by atoms with Gasteiger partial charge < -0.3 is 10.1 Å². The lowest BCUT2D eigenvalue weighted by molar-refractivity contribution is 0.332. The van der Waals surface area contributed by atoms with Crippen LogP contribution >= 0.6 is 46.4 Å². The molecule has 2 nitrogen and oxygen atoms in total. The molecule has 0 radical (unpaired) electrons. The molecule has 0 atom stereocenters. The number of hydrogen-bond acceptors (Lipinski definition) is 2. The third-order valence-corrected chi connectivity index (χ3v) is 4.74. The van der Waals surface area contributed by atoms with Crippen molar-refractivity contribution in [1.82, 2.24) is 0 Å². The number of ether oxygens (including phenoxy) is 1. The Bertz CT molecular complexity index is 665. The normalized spacial score (nSPS) is 10.6. The number of anilines is 1. The fraction of sp³-hybridized carbons (Fsp3) is 0.250. The molecule has 0 aliphatic heterocycles. The van der Waals surface area contributed by atoms with Crippen LogP contribution in [0.5, 0.6) is 5.75 Å². The van der Waals surface area contributed by atoms with E-state index in [-0.39, 0.29) is 0 Å². The van der Waals surface area contributed by atoms with E-state index in [1.807, 2.05) is 26.0 Å². The quantitative estimate of drug-likeness (QED) is 0.479. The van der Waals surface area contributed by atoms with Crippen molar-refractivity contribution in [3.63, 3.8) is 0 Å². The van der Waals surface area contributed by atoms with E-state index in [4.69, 9.17) is 51.1 Å². The molecule has 118 valence electrons. The van der Waals surface area contributed by atoms with Gasteiger partial charge in [0.1, 0.15) is 12.4 Å². The molecule has 2 aromatic carbocycles. The first-order chi connectivity index (χ1) is 10.4. The molecule has 0 saturated carbocycles. The zero-order valence-corrected chi connectivity index (χ0v) is 15.2. The fourth-order valence-electron chi connectivity index (χ4n) is 2.00. The molecular formula is C16H15Cl4NO. The number of benzene rings is 2. The van der Waals surface area contributed by atoms with Crippen LogP contribution in [0.4, 0.5) is 5.69 Å². The molecular weight excluding hydrogens is 364 g/mol. The van der Waals surface area contributed by atoms with E-state index in [1.165, 1.54) is 0 Å². The zero-order chi connectivity index (χ0) is 16.3. The molecule has 1 N–H and O–H groups in total. The van der Waals surface area contributed by atoms with Gasteiger partial charge in [-0.25, -0.2) is 0 Å². The van der Waals surface area contributed by atoms with E-state index in [1.54, 1.807) is 12.1 Å². The van der Waals surface area contributed by atoms with Gasteiger partial charge in [0, 0.05) is 11.6 Å². The SMILES string of the molecule is Cc1cc(OCCNc2cc(Cl)c(Cl)cc2Cl)cc(C)c1Cl. The van der Waals surface area contributed by atoms with Crippen molar-refractivity contribution in [3.05, 3.63) is 55.5 Å². The largest absolute Gasteiger partial charge is 0.492 e. The molecule has 2 aromatic rings. The smallest absolute Gasteiger partial charge is 0.120 e. The predicted molar refractivity (Wildman–Crippen MR) is 96.4 cm³/mol. The van der Waals surface area contributed by atoms with E-state index in [9.17, 15) is 0 Å². The second-order valence-corrected chi connectivity index (χ2v) is 6.49. The zero-order valence-electron chi connectivity index (χ0n) is 12.1. The monoisotopic (exact) mass is 377 g/mol. The van der Waals surface area contributed by atoms with Crippen LogP contribution < -0.4 is 10.1 Å². The lowest BCUT2D eigenvalue weighted by Crippen LogP contribution is -2.12. The van der Waals surface area contributed by atoms with Gasteiger partial charge in [0.2, 0.25) is 0 Å². The molecule has 0 amide bonds. The van der Waals surface area contributed by atoms with Crippen LogP contribution in [0.15, 0.2) is 24.3 Å². The topological polar surface area (TPSA) is 21.3 Å². The Hall–Kier alpha value is -0.800. The number of nitrogens with one attached hydrogen (secondary N) is 1. The molecule has 0 aliphatic carbocycles. The summed E-state index contributed by atoms with van der Waals surface area (Å²) in [5, 5.41) is 5.35. The van der Waals surface area contributed by atoms with Crippen LogP contribution in [0.2, 0.25) is 20.1 Å². The Balaban J connectivity index is 1.91. The predicted octanol–water partition coefficient (Wildman–Crippen LogP) is 6.41. The van der Waals surface area contributed by atoms with E-state index in [0.717, 1.165) is 27.6 Å². The number of aryl methyl sites for hydroxylation is 2. The summed E-state index contributed by atoms with van der Waals surface area (Å²) < 4.78 is 5.71. The molecule has 0 aliphatic rings. The molecule has 0 saturated heterocycles. The van der Waals surface area contributed by atoms with Crippen molar-refractivity contribution in [2.45, 2.75) is 13.8 Å². The van der Waals surface area contributed by atoms with Crippen LogP contribution in [0, 0.1) is 13.8 Å². The van der Waals surface area contributed by atoms with Crippen molar-refractivity contribution in [3.8, 4) is 5.75 Å². The van der Waals surface area contributed by atoms with Gasteiger partial charge in [-0.2, -0.15) is 0 Å². The van der Waals surface area contributed by atoms with Crippen molar-refractivity contribution >= 4 is 52.1 Å². The second-order valence-electron chi connectivity index (χ2n) is 4.89. The summed E-state index contributed by atoms with van der Waals surface area (Å²) >= 11 is 24.1. The average molecular weight is 379 g/mol. The molecule has 0 heterocycles. The summed E-state index contributed by atoms with van der Waals surface area (Å²) in [7, 11) is 0. The van der Waals surface area contributed by atoms with Crippen LogP contribution in [-0.2, 0) is 0 Å². The Kier molecular flexibility index (Phi) is 6.10. The summed E-state index contributed by atoms with van der Waals surface area (Å²) in [6.45, 7) is 4.97. The third-order valence-electron chi connectivity index (χ3n) is 3.11. The van der Waals surface area contributed by atoms with Crippen LogP contribution in [0.3, 0.4) is 0 Å². The highest BCUT2D eigenvalue weighted by Crippen LogP contribution is 2.32. The van der Waals surface area contributed by atoms with Gasteiger partial charge in [0.15, 0.2) is 0 Å². The Morgan fingerprint density at radius 2 is 1.45 bits per heavy atom. The Morgan fingerprint density at radius 3 is 2.09 bits per heavy atom. The fourth-order valence-corrected chi connectivity index (χ4v) is 2.72. The van der Waals surface area contributed by atoms with Gasteiger partial charge in [0.25, 0.3) is 0 Å². The third kappa shape index (κ3) is 4.36. The first kappa shape index (κ1) is 17.6. The number of halogens is 4. The molecule has 6 heteroatoms. The van der Waals surface area contributed by atoms with E-state index < -0.39 is 0 Å². The van der Waals surface area contributed by atoms with Crippen molar-refractivity contribution in [1.29, 1.82) is 0 Å². The molecule has 22 heavy (non-hydrogen) atoms. The summed E-state index contributed by atoms with van der Waals surface area (Å²) in [5.74, 6) is 0.793. The van der Waals surface area contributed by atoms with Gasteiger partial charge in [-0.15, -0.1) is 0 Å². The van der Waals surface area contributed by atoms with E-state index >= 15 is 0 Å². The molecule has 0 aromatic heterocycles. The summed E-state index contributed by atoms with van der Waals surface area (Å²) in [4.78, 5) is 0. The first-order valence-corrected chi connectivity index (χ1v) is 8.17. The van der Waals surface area contributed by atoms with Crippen molar-refractivity contribution in [2.75, 3.05) is 18.5 Å².